The number of rotatable bonds is 0. The van der Waals surface area contributed by atoms with Crippen LogP contribution in [-0.2, 0) is 0 Å². The summed E-state index contributed by atoms with van der Waals surface area (Å²) >= 11 is 0. The van der Waals surface area contributed by atoms with Gasteiger partial charge in [-0.15, -0.1) is 0 Å². The highest BCUT2D eigenvalue weighted by Gasteiger charge is 2.15. The third-order valence-corrected chi connectivity index (χ3v) is 2.26. The number of phenolic OH excluding ortho intramolecular Hbond substituents is 1. The molecule has 0 amide bonds. The molecule has 0 atom stereocenters. The van der Waals surface area contributed by atoms with Crippen LogP contribution in [0, 0.1) is 13.8 Å². The molecule has 1 aromatic heterocycles. The number of carbonyl (C=O) groups is 1. The fraction of sp³-hybridized carbons (Fsp3) is 0.200. The Kier molecular flexibility index (Phi) is 1.89. The molecule has 2 rings (SSSR count). The van der Waals surface area contributed by atoms with E-state index in [1.807, 2.05) is 0 Å². The molecule has 1 heterocycles. The maximum absolute atomic E-state index is 10.9. The first-order chi connectivity index (χ1) is 7.00. The highest BCUT2D eigenvalue weighted by molar-refractivity contribution is 5.93. The van der Waals surface area contributed by atoms with Crippen LogP contribution in [0.4, 0.5) is 4.79 Å². The molecule has 0 aliphatic heterocycles. The van der Waals surface area contributed by atoms with Gasteiger partial charge in [-0.1, -0.05) is 0 Å². The molecule has 1 aromatic carbocycles. The lowest BCUT2D eigenvalue weighted by Gasteiger charge is -1.99. The third-order valence-electron chi connectivity index (χ3n) is 2.26. The first-order valence-corrected chi connectivity index (χ1v) is 4.43. The minimum absolute atomic E-state index is 0.0648. The van der Waals surface area contributed by atoms with Crippen molar-refractivity contribution in [1.29, 1.82) is 0 Å². The third kappa shape index (κ3) is 1.32. The van der Waals surface area contributed by atoms with E-state index < -0.39 is 6.09 Å². The van der Waals surface area contributed by atoms with Crippen LogP contribution < -0.4 is 0 Å². The van der Waals surface area contributed by atoms with E-state index >= 15 is 0 Å². The molecule has 0 aliphatic rings. The Morgan fingerprint density at radius 3 is 2.67 bits per heavy atom. The Labute approximate surface area is 85.6 Å². The molecule has 0 saturated heterocycles. The van der Waals surface area contributed by atoms with E-state index in [-0.39, 0.29) is 5.75 Å². The van der Waals surface area contributed by atoms with Gasteiger partial charge in [0.1, 0.15) is 5.75 Å². The quantitative estimate of drug-likeness (QED) is 0.690. The number of phenols is 1. The van der Waals surface area contributed by atoms with Crippen molar-refractivity contribution in [2.45, 2.75) is 13.8 Å². The van der Waals surface area contributed by atoms with Gasteiger partial charge >= 0.3 is 6.09 Å². The molecular weight excluding hydrogens is 196 g/mol. The van der Waals surface area contributed by atoms with Gasteiger partial charge in [0.15, 0.2) is 0 Å². The van der Waals surface area contributed by atoms with Crippen molar-refractivity contribution in [3.63, 3.8) is 0 Å². The van der Waals surface area contributed by atoms with Crippen molar-refractivity contribution >= 4 is 17.0 Å². The van der Waals surface area contributed by atoms with E-state index in [4.69, 9.17) is 5.11 Å². The Morgan fingerprint density at radius 2 is 2.07 bits per heavy atom. The van der Waals surface area contributed by atoms with Crippen molar-refractivity contribution in [2.24, 2.45) is 0 Å². The van der Waals surface area contributed by atoms with Crippen LogP contribution in [0.1, 0.15) is 11.3 Å². The van der Waals surface area contributed by atoms with Crippen LogP contribution in [0.5, 0.6) is 5.75 Å². The van der Waals surface area contributed by atoms with Crippen LogP contribution in [0.2, 0.25) is 0 Å². The minimum atomic E-state index is -1.15. The van der Waals surface area contributed by atoms with Gasteiger partial charge in [-0.05, 0) is 31.5 Å². The molecule has 15 heavy (non-hydrogen) atoms. The smallest absolute Gasteiger partial charge is 0.432 e. The van der Waals surface area contributed by atoms with Gasteiger partial charge < -0.3 is 10.2 Å². The fourth-order valence-corrected chi connectivity index (χ4v) is 1.69. The molecule has 2 N–H and O–H groups in total. The molecule has 0 fully saturated rings. The van der Waals surface area contributed by atoms with Crippen LogP contribution in [0.3, 0.4) is 0 Å². The first-order valence-electron chi connectivity index (χ1n) is 4.43. The SMILES string of the molecule is Cc1cc(O)c2c(C)nn(C(=O)O)c2c1. The van der Waals surface area contributed by atoms with Crippen molar-refractivity contribution in [3.8, 4) is 5.75 Å². The van der Waals surface area contributed by atoms with Crippen molar-refractivity contribution in [1.82, 2.24) is 9.78 Å². The molecule has 0 unspecified atom stereocenters. The number of hydrogen-bond donors (Lipinski definition) is 2. The van der Waals surface area contributed by atoms with Gasteiger partial charge in [-0.2, -0.15) is 9.78 Å². The number of fused-ring (bicyclic) bond motifs is 1. The highest BCUT2D eigenvalue weighted by atomic mass is 16.4. The van der Waals surface area contributed by atoms with Gasteiger partial charge in [-0.3, -0.25) is 0 Å². The summed E-state index contributed by atoms with van der Waals surface area (Å²) in [4.78, 5) is 10.9. The summed E-state index contributed by atoms with van der Waals surface area (Å²) in [6.45, 7) is 3.45. The zero-order valence-electron chi connectivity index (χ0n) is 8.35. The second-order valence-electron chi connectivity index (χ2n) is 3.46. The number of nitrogens with zero attached hydrogens (tertiary/aromatic N) is 2. The first kappa shape index (κ1) is 9.51. The molecule has 5 heteroatoms. The minimum Gasteiger partial charge on any atom is -0.507 e. The fourth-order valence-electron chi connectivity index (χ4n) is 1.69. The molecule has 0 aliphatic carbocycles. The summed E-state index contributed by atoms with van der Waals surface area (Å²) in [7, 11) is 0. The molecule has 5 nitrogen and oxygen atoms in total. The molecule has 0 spiro atoms. The summed E-state index contributed by atoms with van der Waals surface area (Å²) in [5.74, 6) is 0.0648. The predicted octanol–water partition coefficient (Wildman–Crippen LogP) is 1.88. The van der Waals surface area contributed by atoms with E-state index in [1.165, 1.54) is 0 Å². The van der Waals surface area contributed by atoms with E-state index in [1.54, 1.807) is 26.0 Å². The molecule has 78 valence electrons. The Hall–Kier alpha value is -2.04. The van der Waals surface area contributed by atoms with Gasteiger partial charge in [0.05, 0.1) is 16.6 Å². The molecule has 0 radical (unpaired) electrons. The summed E-state index contributed by atoms with van der Waals surface area (Å²) in [5.41, 5.74) is 1.71. The molecule has 0 saturated carbocycles. The Morgan fingerprint density at radius 1 is 1.40 bits per heavy atom. The van der Waals surface area contributed by atoms with Gasteiger partial charge in [0, 0.05) is 0 Å². The van der Waals surface area contributed by atoms with Crippen molar-refractivity contribution in [2.75, 3.05) is 0 Å². The monoisotopic (exact) mass is 206 g/mol. The number of aromatic nitrogens is 2. The molecule has 2 aromatic rings. The van der Waals surface area contributed by atoms with Gasteiger partial charge in [0.2, 0.25) is 0 Å². The average Bonchev–Trinajstić information content (AvgIpc) is 2.42. The normalized spacial score (nSPS) is 10.8. The van der Waals surface area contributed by atoms with Crippen LogP contribution >= 0.6 is 0 Å². The number of benzene rings is 1. The lowest BCUT2D eigenvalue weighted by Crippen LogP contribution is -2.09. The second kappa shape index (κ2) is 2.98. The predicted molar refractivity (Wildman–Crippen MR) is 54.3 cm³/mol. The van der Waals surface area contributed by atoms with Gasteiger partial charge in [-0.25, -0.2) is 4.79 Å². The standard InChI is InChI=1S/C10H10N2O3/c1-5-3-7-9(8(13)4-5)6(2)11-12(7)10(14)15/h3-4,13H,1-2H3,(H,14,15). The summed E-state index contributed by atoms with van der Waals surface area (Å²) in [6.07, 6.45) is -1.15. The van der Waals surface area contributed by atoms with E-state index in [2.05, 4.69) is 5.10 Å². The Bertz CT molecular complexity index is 557. The molecular formula is C10H10N2O3. The van der Waals surface area contributed by atoms with Crippen molar-refractivity contribution in [3.05, 3.63) is 23.4 Å². The maximum atomic E-state index is 10.9. The zero-order chi connectivity index (χ0) is 11.2. The van der Waals surface area contributed by atoms with E-state index in [0.29, 0.717) is 16.6 Å². The number of carboxylic acid groups (broad SMARTS) is 1. The van der Waals surface area contributed by atoms with E-state index in [0.717, 1.165) is 10.2 Å². The van der Waals surface area contributed by atoms with Crippen LogP contribution in [0.15, 0.2) is 12.1 Å². The topological polar surface area (TPSA) is 75.4 Å². The van der Waals surface area contributed by atoms with Crippen molar-refractivity contribution < 1.29 is 15.0 Å². The second-order valence-corrected chi connectivity index (χ2v) is 3.46. The van der Waals surface area contributed by atoms with Crippen LogP contribution in [-0.4, -0.2) is 26.1 Å². The lowest BCUT2D eigenvalue weighted by atomic mass is 10.1. The largest absolute Gasteiger partial charge is 0.507 e. The van der Waals surface area contributed by atoms with Gasteiger partial charge in [0.25, 0.3) is 0 Å². The molecule has 0 bridgehead atoms. The highest BCUT2D eigenvalue weighted by Crippen LogP contribution is 2.28. The average molecular weight is 206 g/mol. The van der Waals surface area contributed by atoms with E-state index in [9.17, 15) is 9.90 Å². The number of aryl methyl sites for hydroxylation is 2. The number of aromatic hydroxyl groups is 1. The summed E-state index contributed by atoms with van der Waals surface area (Å²) in [5, 5.41) is 22.9. The number of hydrogen-bond acceptors (Lipinski definition) is 3. The summed E-state index contributed by atoms with van der Waals surface area (Å²) in [6, 6.07) is 3.27. The Balaban J connectivity index is 2.93. The van der Waals surface area contributed by atoms with Crippen LogP contribution in [0.25, 0.3) is 10.9 Å². The summed E-state index contributed by atoms with van der Waals surface area (Å²) < 4.78 is 0.872. The maximum Gasteiger partial charge on any atom is 0.432 e. The zero-order valence-corrected chi connectivity index (χ0v) is 8.35. The lowest BCUT2D eigenvalue weighted by molar-refractivity contribution is 0.194.